The molecule has 0 aliphatic rings. The molecule has 0 bridgehead atoms. The molecule has 0 aliphatic heterocycles. The number of amides is 1. The van der Waals surface area contributed by atoms with Gasteiger partial charge in [0.15, 0.2) is 0 Å². The molecule has 1 amide bonds. The monoisotopic (exact) mass is 488 g/mol. The Morgan fingerprint density at radius 2 is 1.94 bits per heavy atom. The predicted octanol–water partition coefficient (Wildman–Crippen LogP) is 5.16. The number of rotatable bonds is 9. The summed E-state index contributed by atoms with van der Waals surface area (Å²) in [6.45, 7) is 5.83. The zero-order valence-corrected chi connectivity index (χ0v) is 21.5. The number of carbonyl (C=O) groups excluding carboxylic acids is 1. The number of carbonyl (C=O) groups is 1. The van der Waals surface area contributed by atoms with Crippen LogP contribution in [0.2, 0.25) is 0 Å². The number of ether oxygens (including phenoxy) is 1. The fraction of sp³-hybridized carbons (Fsp3) is 0.286. The van der Waals surface area contributed by atoms with E-state index in [1.54, 1.807) is 11.3 Å². The Morgan fingerprint density at radius 3 is 2.69 bits per heavy atom. The van der Waals surface area contributed by atoms with Crippen LogP contribution in [-0.4, -0.2) is 43.0 Å². The molecule has 35 heavy (non-hydrogen) atoms. The standard InChI is InChI=1S/C28H32N4O2S/c1-18-9-10-20(34-14-13-32(3)4)15-23(18)28(33)30-19(2)24-16-26(27-12-11-21(17-29)35-27)31-25-8-6-5-7-22(24)25/h5-12,15-16,19H,13-14,17,29H2,1-4H3,(H,30,33)/t19-/m1/s1. The predicted molar refractivity (Wildman–Crippen MR) is 144 cm³/mol. The van der Waals surface area contributed by atoms with Gasteiger partial charge in [0, 0.05) is 28.9 Å². The van der Waals surface area contributed by atoms with Gasteiger partial charge in [0.1, 0.15) is 12.4 Å². The minimum Gasteiger partial charge on any atom is -0.492 e. The summed E-state index contributed by atoms with van der Waals surface area (Å²) in [5.74, 6) is 0.567. The molecule has 0 saturated heterocycles. The first-order valence-corrected chi connectivity index (χ1v) is 12.5. The number of nitrogens with two attached hydrogens (primary N) is 1. The van der Waals surface area contributed by atoms with Crippen molar-refractivity contribution >= 4 is 28.1 Å². The SMILES string of the molecule is Cc1ccc(OCCN(C)C)cc1C(=O)N[C@H](C)c1cc(-c2ccc(CN)s2)nc2ccccc12. The van der Waals surface area contributed by atoms with E-state index in [0.717, 1.165) is 44.0 Å². The van der Waals surface area contributed by atoms with Crippen molar-refractivity contribution in [1.82, 2.24) is 15.2 Å². The van der Waals surface area contributed by atoms with Crippen LogP contribution >= 0.6 is 11.3 Å². The van der Waals surface area contributed by atoms with Gasteiger partial charge in [0.05, 0.1) is 22.1 Å². The van der Waals surface area contributed by atoms with Crippen molar-refractivity contribution in [3.8, 4) is 16.3 Å². The Bertz CT molecular complexity index is 1330. The van der Waals surface area contributed by atoms with Crippen LogP contribution in [0.1, 0.15) is 39.3 Å². The maximum absolute atomic E-state index is 13.3. The van der Waals surface area contributed by atoms with E-state index >= 15 is 0 Å². The maximum Gasteiger partial charge on any atom is 0.252 e. The summed E-state index contributed by atoms with van der Waals surface area (Å²) in [5, 5.41) is 4.22. The molecular weight excluding hydrogens is 456 g/mol. The lowest BCUT2D eigenvalue weighted by Crippen LogP contribution is -2.27. The van der Waals surface area contributed by atoms with Gasteiger partial charge < -0.3 is 20.7 Å². The average Bonchev–Trinajstić information content (AvgIpc) is 3.33. The van der Waals surface area contributed by atoms with Gasteiger partial charge >= 0.3 is 0 Å². The van der Waals surface area contributed by atoms with Gasteiger partial charge in [-0.25, -0.2) is 4.98 Å². The fourth-order valence-corrected chi connectivity index (χ4v) is 4.79. The number of nitrogens with one attached hydrogen (secondary N) is 1. The normalized spacial score (nSPS) is 12.2. The summed E-state index contributed by atoms with van der Waals surface area (Å²) >= 11 is 1.65. The molecule has 4 aromatic rings. The van der Waals surface area contributed by atoms with Crippen molar-refractivity contribution in [2.24, 2.45) is 5.73 Å². The van der Waals surface area contributed by atoms with Gasteiger partial charge in [-0.3, -0.25) is 4.79 Å². The molecular formula is C28H32N4O2S. The van der Waals surface area contributed by atoms with E-state index in [-0.39, 0.29) is 11.9 Å². The number of hydrogen-bond acceptors (Lipinski definition) is 6. The smallest absolute Gasteiger partial charge is 0.252 e. The van der Waals surface area contributed by atoms with Crippen LogP contribution < -0.4 is 15.8 Å². The van der Waals surface area contributed by atoms with Crippen LogP contribution in [0.4, 0.5) is 0 Å². The second kappa shape index (κ2) is 11.0. The van der Waals surface area contributed by atoms with E-state index < -0.39 is 0 Å². The number of nitrogens with zero attached hydrogens (tertiary/aromatic N) is 2. The highest BCUT2D eigenvalue weighted by Crippen LogP contribution is 2.32. The largest absolute Gasteiger partial charge is 0.492 e. The first-order valence-electron chi connectivity index (χ1n) is 11.7. The van der Waals surface area contributed by atoms with Gasteiger partial charge in [-0.05, 0) is 75.5 Å². The van der Waals surface area contributed by atoms with E-state index in [1.165, 1.54) is 0 Å². The van der Waals surface area contributed by atoms with Crippen LogP contribution in [-0.2, 0) is 6.54 Å². The second-order valence-electron chi connectivity index (χ2n) is 8.91. The quantitative estimate of drug-likeness (QED) is 0.340. The number of thiophene rings is 1. The molecule has 7 heteroatoms. The molecule has 2 heterocycles. The van der Waals surface area contributed by atoms with E-state index in [2.05, 4.69) is 22.3 Å². The fourth-order valence-electron chi connectivity index (χ4n) is 3.95. The molecule has 0 aliphatic carbocycles. The van der Waals surface area contributed by atoms with Crippen molar-refractivity contribution in [2.75, 3.05) is 27.2 Å². The van der Waals surface area contributed by atoms with Crippen molar-refractivity contribution in [3.05, 3.63) is 82.2 Å². The molecule has 6 nitrogen and oxygen atoms in total. The van der Waals surface area contributed by atoms with Gasteiger partial charge in [-0.15, -0.1) is 11.3 Å². The summed E-state index contributed by atoms with van der Waals surface area (Å²) in [4.78, 5) is 22.4. The third kappa shape index (κ3) is 5.88. The Balaban J connectivity index is 1.61. The first kappa shape index (κ1) is 24.9. The van der Waals surface area contributed by atoms with Crippen LogP contribution in [0.3, 0.4) is 0 Å². The Hall–Kier alpha value is -3.26. The Labute approximate surface area is 210 Å². The van der Waals surface area contributed by atoms with Gasteiger partial charge in [0.25, 0.3) is 5.91 Å². The van der Waals surface area contributed by atoms with Crippen LogP contribution in [0.15, 0.2) is 60.7 Å². The molecule has 2 aromatic heterocycles. The number of hydrogen-bond donors (Lipinski definition) is 2. The second-order valence-corrected chi connectivity index (χ2v) is 10.1. The zero-order valence-electron chi connectivity index (χ0n) is 20.7. The number of likely N-dealkylation sites (N-methyl/N-ethyl adjacent to an activating group) is 1. The third-order valence-electron chi connectivity index (χ3n) is 5.94. The lowest BCUT2D eigenvalue weighted by atomic mass is 10.0. The summed E-state index contributed by atoms with van der Waals surface area (Å²) in [5.41, 5.74) is 10.1. The summed E-state index contributed by atoms with van der Waals surface area (Å²) in [6.07, 6.45) is 0. The Kier molecular flexibility index (Phi) is 7.80. The minimum absolute atomic E-state index is 0.128. The number of benzene rings is 2. The maximum atomic E-state index is 13.3. The van der Waals surface area contributed by atoms with Gasteiger partial charge in [0.2, 0.25) is 0 Å². The van der Waals surface area contributed by atoms with Crippen LogP contribution in [0.25, 0.3) is 21.5 Å². The third-order valence-corrected chi connectivity index (χ3v) is 7.07. The molecule has 0 saturated carbocycles. The van der Waals surface area contributed by atoms with Crippen molar-refractivity contribution < 1.29 is 9.53 Å². The molecule has 1 atom stereocenters. The van der Waals surface area contributed by atoms with E-state index in [9.17, 15) is 4.79 Å². The van der Waals surface area contributed by atoms with Crippen LogP contribution in [0, 0.1) is 6.92 Å². The van der Waals surface area contributed by atoms with Crippen molar-refractivity contribution in [3.63, 3.8) is 0 Å². The molecule has 0 unspecified atom stereocenters. The molecule has 3 N–H and O–H groups in total. The number of pyridine rings is 1. The lowest BCUT2D eigenvalue weighted by molar-refractivity contribution is 0.0939. The lowest BCUT2D eigenvalue weighted by Gasteiger charge is -2.19. The van der Waals surface area contributed by atoms with Crippen molar-refractivity contribution in [1.29, 1.82) is 0 Å². The molecule has 182 valence electrons. The summed E-state index contributed by atoms with van der Waals surface area (Å²) in [7, 11) is 4.01. The highest BCUT2D eigenvalue weighted by molar-refractivity contribution is 7.15. The van der Waals surface area contributed by atoms with E-state index in [0.29, 0.717) is 24.5 Å². The van der Waals surface area contributed by atoms with Crippen molar-refractivity contribution in [2.45, 2.75) is 26.4 Å². The molecule has 2 aromatic carbocycles. The molecule has 4 rings (SSSR count). The average molecular weight is 489 g/mol. The number of aromatic nitrogens is 1. The zero-order chi connectivity index (χ0) is 24.9. The number of aryl methyl sites for hydroxylation is 1. The van der Waals surface area contributed by atoms with Crippen LogP contribution in [0.5, 0.6) is 5.75 Å². The number of fused-ring (bicyclic) bond motifs is 1. The first-order chi connectivity index (χ1) is 16.9. The molecule has 0 radical (unpaired) electrons. The van der Waals surface area contributed by atoms with Gasteiger partial charge in [-0.2, -0.15) is 0 Å². The summed E-state index contributed by atoms with van der Waals surface area (Å²) in [6, 6.07) is 19.6. The van der Waals surface area contributed by atoms with E-state index in [4.69, 9.17) is 15.5 Å². The minimum atomic E-state index is -0.221. The van der Waals surface area contributed by atoms with E-state index in [1.807, 2.05) is 76.5 Å². The topological polar surface area (TPSA) is 80.5 Å². The summed E-state index contributed by atoms with van der Waals surface area (Å²) < 4.78 is 5.85. The highest BCUT2D eigenvalue weighted by atomic mass is 32.1. The Morgan fingerprint density at radius 1 is 1.14 bits per heavy atom. The molecule has 0 spiro atoms. The highest BCUT2D eigenvalue weighted by Gasteiger charge is 2.18. The number of para-hydroxylation sites is 1. The van der Waals surface area contributed by atoms with Gasteiger partial charge in [-0.1, -0.05) is 24.3 Å². The molecule has 0 fully saturated rings.